The summed E-state index contributed by atoms with van der Waals surface area (Å²) in [5.74, 6) is -1.18. The number of hydrogen-bond donors (Lipinski definition) is 1. The highest BCUT2D eigenvalue weighted by Crippen LogP contribution is 2.34. The minimum atomic E-state index is -5.07. The maximum Gasteiger partial charge on any atom is 0.423 e. The van der Waals surface area contributed by atoms with Crippen molar-refractivity contribution >= 4 is 24.5 Å². The van der Waals surface area contributed by atoms with E-state index in [1.54, 1.807) is 0 Å². The second kappa shape index (κ2) is 14.9. The quantitative estimate of drug-likeness (QED) is 0.0772. The molecule has 0 saturated heterocycles. The van der Waals surface area contributed by atoms with Crippen LogP contribution in [0.2, 0.25) is 25.7 Å². The summed E-state index contributed by atoms with van der Waals surface area (Å²) in [6.45, 7) is 7.62. The summed E-state index contributed by atoms with van der Waals surface area (Å²) < 4.78 is 109. The number of nitrogens with one attached hydrogen (secondary N) is 1. The summed E-state index contributed by atoms with van der Waals surface area (Å²) in [5.41, 5.74) is -5.45. The minimum absolute atomic E-state index is 0.0200. The van der Waals surface area contributed by atoms with E-state index in [0.29, 0.717) is 17.1 Å². The van der Waals surface area contributed by atoms with Crippen molar-refractivity contribution in [1.82, 2.24) is 34.5 Å². The van der Waals surface area contributed by atoms with E-state index in [1.165, 1.54) is 29.8 Å². The van der Waals surface area contributed by atoms with Crippen LogP contribution >= 0.6 is 0 Å². The van der Waals surface area contributed by atoms with Crippen molar-refractivity contribution in [2.45, 2.75) is 77.1 Å². The van der Waals surface area contributed by atoms with Crippen molar-refractivity contribution in [3.05, 3.63) is 92.4 Å². The van der Waals surface area contributed by atoms with E-state index in [4.69, 9.17) is 9.15 Å². The Morgan fingerprint density at radius 2 is 1.69 bits per heavy atom. The minimum Gasteiger partial charge on any atom is -0.423 e. The molecule has 0 radical (unpaired) electrons. The van der Waals surface area contributed by atoms with Gasteiger partial charge < -0.3 is 19.0 Å². The lowest BCUT2D eigenvalue weighted by molar-refractivity contribution is -0.139. The van der Waals surface area contributed by atoms with E-state index in [0.717, 1.165) is 18.3 Å². The van der Waals surface area contributed by atoms with Gasteiger partial charge in [-0.2, -0.15) is 31.4 Å². The van der Waals surface area contributed by atoms with Crippen molar-refractivity contribution in [1.29, 1.82) is 0 Å². The number of alkyl halides is 6. The summed E-state index contributed by atoms with van der Waals surface area (Å²) in [5, 5.41) is 14.5. The fourth-order valence-electron chi connectivity index (χ4n) is 5.12. The zero-order chi connectivity index (χ0) is 38.0. The number of fused-ring (bicyclic) bond motifs is 1. The lowest BCUT2D eigenvalue weighted by atomic mass is 10.1. The number of benzene rings is 1. The Morgan fingerprint density at radius 1 is 0.981 bits per heavy atom. The fourth-order valence-corrected chi connectivity index (χ4v) is 5.88. The highest BCUT2D eigenvalue weighted by molar-refractivity contribution is 6.76. The van der Waals surface area contributed by atoms with E-state index in [-0.39, 0.29) is 59.9 Å². The second-order valence-electron chi connectivity index (χ2n) is 13.1. The maximum atomic E-state index is 15.1. The smallest absolute Gasteiger partial charge is 0.423 e. The first-order valence-corrected chi connectivity index (χ1v) is 19.6. The third-order valence-corrected chi connectivity index (χ3v) is 9.59. The van der Waals surface area contributed by atoms with Crippen LogP contribution in [0, 0.1) is 12.7 Å². The predicted octanol–water partition coefficient (Wildman–Crippen LogP) is 6.83. The molecule has 52 heavy (non-hydrogen) atoms. The first kappa shape index (κ1) is 38.3. The molecule has 1 atom stereocenters. The number of aryl methyl sites for hydroxylation is 2. The zero-order valence-corrected chi connectivity index (χ0v) is 29.3. The number of aromatic nitrogens is 7. The van der Waals surface area contributed by atoms with Crippen LogP contribution in [0.25, 0.3) is 22.2 Å². The molecule has 1 aromatic carbocycles. The molecule has 0 amide bonds. The molecule has 4 aromatic heterocycles. The number of halogens is 7. The normalized spacial score (nSPS) is 13.1. The second-order valence-corrected chi connectivity index (χ2v) is 18.7. The monoisotopic (exact) mass is 754 g/mol. The number of hydrogen-bond acceptors (Lipinski definition) is 10. The third-order valence-electron chi connectivity index (χ3n) is 7.88. The number of ether oxygens (including phenoxy) is 1. The molecule has 1 N–H and O–H groups in total. The van der Waals surface area contributed by atoms with Crippen LogP contribution in [-0.2, 0) is 30.4 Å². The van der Waals surface area contributed by atoms with Crippen molar-refractivity contribution in [2.75, 3.05) is 11.9 Å². The Morgan fingerprint density at radius 3 is 2.31 bits per heavy atom. The summed E-state index contributed by atoms with van der Waals surface area (Å²) in [6, 6.07) is 3.36. The Balaban J connectivity index is 1.35. The highest BCUT2D eigenvalue weighted by Gasteiger charge is 2.39. The average molecular weight is 755 g/mol. The fraction of sp³-hybridized carbons (Fsp3) is 0.406. The van der Waals surface area contributed by atoms with Crippen LogP contribution in [0.4, 0.5) is 36.4 Å². The van der Waals surface area contributed by atoms with Crippen molar-refractivity contribution in [2.24, 2.45) is 0 Å². The van der Waals surface area contributed by atoms with Crippen molar-refractivity contribution in [3.63, 3.8) is 0 Å². The standard InChI is InChI=1S/C32H33F7N8O4Si/c1-18-44-45-28(51-18)24(43-25-16-42-47(17-50-10-11-52(2,3)4)30(49)26(25)32(37,38)39)6-5-8-46-9-7-19-12-22(23(33)13-21(19)29(46)48)27-40-14-20(15-41-27)31(34,35)36/h7,9,12-16,24,43H,5-6,8,10-11,17H2,1-4H3. The Labute approximate surface area is 291 Å². The van der Waals surface area contributed by atoms with Crippen LogP contribution in [0.1, 0.15) is 41.8 Å². The lowest BCUT2D eigenvalue weighted by Gasteiger charge is -2.21. The molecule has 4 heterocycles. The molecule has 0 aliphatic rings. The van der Waals surface area contributed by atoms with E-state index in [9.17, 15) is 35.9 Å². The van der Waals surface area contributed by atoms with Crippen molar-refractivity contribution in [3.8, 4) is 11.4 Å². The van der Waals surface area contributed by atoms with Crippen LogP contribution in [-0.4, -0.2) is 49.2 Å². The Kier molecular flexibility index (Phi) is 11.0. The summed E-state index contributed by atoms with van der Waals surface area (Å²) >= 11 is 0. The van der Waals surface area contributed by atoms with Gasteiger partial charge in [0.2, 0.25) is 11.8 Å². The van der Waals surface area contributed by atoms with E-state index in [2.05, 4.69) is 50.2 Å². The maximum absolute atomic E-state index is 15.1. The Bertz CT molecular complexity index is 2160. The van der Waals surface area contributed by atoms with Gasteiger partial charge in [0.05, 0.1) is 28.4 Å². The summed E-state index contributed by atoms with van der Waals surface area (Å²) in [7, 11) is -1.49. The molecule has 20 heteroatoms. The van der Waals surface area contributed by atoms with Crippen LogP contribution < -0.4 is 16.4 Å². The molecule has 0 aliphatic heterocycles. The average Bonchev–Trinajstić information content (AvgIpc) is 3.49. The van der Waals surface area contributed by atoms with Gasteiger partial charge in [0.15, 0.2) is 5.82 Å². The molecule has 0 fully saturated rings. The highest BCUT2D eigenvalue weighted by atomic mass is 28.3. The molecule has 5 rings (SSSR count). The van der Waals surface area contributed by atoms with Gasteiger partial charge in [-0.25, -0.2) is 19.0 Å². The first-order valence-electron chi connectivity index (χ1n) is 15.9. The number of rotatable bonds is 13. The number of anilines is 1. The van der Waals surface area contributed by atoms with Gasteiger partial charge in [-0.05, 0) is 42.5 Å². The van der Waals surface area contributed by atoms with Gasteiger partial charge in [-0.15, -0.1) is 10.2 Å². The molecule has 12 nitrogen and oxygen atoms in total. The summed E-state index contributed by atoms with van der Waals surface area (Å²) in [6.07, 6.45) is -6.22. The molecule has 278 valence electrons. The SMILES string of the molecule is Cc1nnc(C(CCCn2ccc3cc(-c4ncc(C(F)(F)F)cn4)c(F)cc3c2=O)Nc2cnn(COCC[Si](C)(C)C)c(=O)c2C(F)(F)F)o1. The topological polar surface area (TPSA) is 143 Å². The molecular weight excluding hydrogens is 721 g/mol. The zero-order valence-electron chi connectivity index (χ0n) is 28.3. The van der Waals surface area contributed by atoms with Crippen LogP contribution in [0.5, 0.6) is 0 Å². The largest absolute Gasteiger partial charge is 0.423 e. The van der Waals surface area contributed by atoms with Gasteiger partial charge in [0.1, 0.15) is 24.2 Å². The van der Waals surface area contributed by atoms with E-state index >= 15 is 4.39 Å². The number of nitrogens with zero attached hydrogens (tertiary/aromatic N) is 7. The molecule has 5 aromatic rings. The molecular formula is C32H33F7N8O4Si. The van der Waals surface area contributed by atoms with Gasteiger partial charge in [-0.1, -0.05) is 19.6 Å². The predicted molar refractivity (Wildman–Crippen MR) is 176 cm³/mol. The molecule has 0 spiro atoms. The summed E-state index contributed by atoms with van der Waals surface area (Å²) in [4.78, 5) is 33.5. The molecule has 0 bridgehead atoms. The molecule has 0 saturated carbocycles. The van der Waals surface area contributed by atoms with Gasteiger partial charge in [-0.3, -0.25) is 9.59 Å². The van der Waals surface area contributed by atoms with Gasteiger partial charge in [0, 0.05) is 46.7 Å². The van der Waals surface area contributed by atoms with Gasteiger partial charge >= 0.3 is 12.4 Å². The van der Waals surface area contributed by atoms with Crippen molar-refractivity contribution < 1.29 is 39.9 Å². The van der Waals surface area contributed by atoms with Crippen LogP contribution in [0.3, 0.4) is 0 Å². The number of pyridine rings is 1. The van der Waals surface area contributed by atoms with E-state index in [1.807, 2.05) is 0 Å². The first-order chi connectivity index (χ1) is 24.3. The van der Waals surface area contributed by atoms with Gasteiger partial charge in [0.25, 0.3) is 11.1 Å². The molecule has 0 aliphatic carbocycles. The van der Waals surface area contributed by atoms with Crippen LogP contribution in [0.15, 0.2) is 57.0 Å². The van der Waals surface area contributed by atoms with E-state index < -0.39 is 66.9 Å². The third kappa shape index (κ3) is 9.08. The Hall–Kier alpha value is -4.98. The molecule has 1 unspecified atom stereocenters. The lowest BCUT2D eigenvalue weighted by Crippen LogP contribution is -2.33.